The molecule has 20 heavy (non-hydrogen) atoms. The van der Waals surface area contributed by atoms with Crippen molar-refractivity contribution in [3.63, 3.8) is 0 Å². The number of rotatable bonds is 6. The van der Waals surface area contributed by atoms with E-state index >= 15 is 0 Å². The van der Waals surface area contributed by atoms with Gasteiger partial charge in [0.2, 0.25) is 0 Å². The van der Waals surface area contributed by atoms with Crippen LogP contribution in [0.25, 0.3) is 10.4 Å². The van der Waals surface area contributed by atoms with Crippen molar-refractivity contribution in [3.8, 4) is 0 Å². The summed E-state index contributed by atoms with van der Waals surface area (Å²) < 4.78 is 0. The standard InChI is InChI=1S/C10H10Cl2N4O4/c11-6-3-5(8(16(19)20)4-7(6)12)10(18)9(17)1-2-14-15-13/h3-4,9-10,17-18H,1-2H2. The first-order valence-corrected chi connectivity index (χ1v) is 6.14. The highest BCUT2D eigenvalue weighted by molar-refractivity contribution is 6.42. The monoisotopic (exact) mass is 320 g/mol. The molecule has 8 nitrogen and oxygen atoms in total. The minimum absolute atomic E-state index is 0.0218. The summed E-state index contributed by atoms with van der Waals surface area (Å²) in [5.41, 5.74) is 7.51. The lowest BCUT2D eigenvalue weighted by molar-refractivity contribution is -0.386. The Hall–Kier alpha value is -1.57. The summed E-state index contributed by atoms with van der Waals surface area (Å²) in [6.45, 7) is -0.0517. The fourth-order valence-corrected chi connectivity index (χ4v) is 1.88. The largest absolute Gasteiger partial charge is 0.390 e. The number of halogens is 2. The molecule has 0 saturated heterocycles. The van der Waals surface area contributed by atoms with Crippen LogP contribution < -0.4 is 0 Å². The lowest BCUT2D eigenvalue weighted by atomic mass is 10.0. The molecular weight excluding hydrogens is 311 g/mol. The highest BCUT2D eigenvalue weighted by Gasteiger charge is 2.27. The SMILES string of the molecule is [N-]=[N+]=NCCC(O)C(O)c1cc(Cl)c(Cl)cc1[N+](=O)[O-]. The Morgan fingerprint density at radius 1 is 1.40 bits per heavy atom. The average Bonchev–Trinajstić information content (AvgIpc) is 2.40. The van der Waals surface area contributed by atoms with Crippen LogP contribution in [-0.4, -0.2) is 27.8 Å². The molecule has 10 heteroatoms. The number of nitro groups is 1. The molecule has 1 rings (SSSR count). The molecule has 0 heterocycles. The van der Waals surface area contributed by atoms with Crippen LogP contribution in [0.15, 0.2) is 17.2 Å². The molecule has 0 spiro atoms. The Kier molecular flexibility index (Phi) is 6.00. The first-order chi connectivity index (χ1) is 9.38. The van der Waals surface area contributed by atoms with Crippen molar-refractivity contribution in [2.24, 2.45) is 5.11 Å². The van der Waals surface area contributed by atoms with E-state index < -0.39 is 22.8 Å². The lowest BCUT2D eigenvalue weighted by Gasteiger charge is -2.17. The van der Waals surface area contributed by atoms with Gasteiger partial charge < -0.3 is 10.2 Å². The molecule has 108 valence electrons. The van der Waals surface area contributed by atoms with Crippen molar-refractivity contribution in [2.45, 2.75) is 18.6 Å². The zero-order valence-corrected chi connectivity index (χ0v) is 11.5. The van der Waals surface area contributed by atoms with Crippen LogP contribution in [0.4, 0.5) is 5.69 Å². The van der Waals surface area contributed by atoms with Gasteiger partial charge in [-0.25, -0.2) is 0 Å². The van der Waals surface area contributed by atoms with Crippen molar-refractivity contribution in [1.29, 1.82) is 0 Å². The summed E-state index contributed by atoms with van der Waals surface area (Å²) in [6.07, 6.45) is -2.93. The molecule has 0 amide bonds. The molecule has 0 aromatic heterocycles. The van der Waals surface area contributed by atoms with Crippen molar-refractivity contribution >= 4 is 28.9 Å². The minimum atomic E-state index is -1.54. The number of benzene rings is 1. The number of nitro benzene ring substituents is 1. The molecule has 0 aliphatic heterocycles. The predicted molar refractivity (Wildman–Crippen MR) is 72.7 cm³/mol. The average molecular weight is 321 g/mol. The third-order valence-corrected chi connectivity index (χ3v) is 3.26. The second kappa shape index (κ2) is 7.28. The molecule has 0 fully saturated rings. The molecule has 0 bridgehead atoms. The first kappa shape index (κ1) is 16.5. The van der Waals surface area contributed by atoms with E-state index in [9.17, 15) is 20.3 Å². The lowest BCUT2D eigenvalue weighted by Crippen LogP contribution is -2.20. The third-order valence-electron chi connectivity index (χ3n) is 2.54. The number of azide groups is 1. The van der Waals surface area contributed by atoms with E-state index in [-0.39, 0.29) is 28.6 Å². The van der Waals surface area contributed by atoms with Gasteiger partial charge in [-0.3, -0.25) is 10.1 Å². The van der Waals surface area contributed by atoms with Gasteiger partial charge in [0.1, 0.15) is 6.10 Å². The molecule has 1 aromatic rings. The summed E-state index contributed by atoms with van der Waals surface area (Å²) >= 11 is 11.4. The topological polar surface area (TPSA) is 132 Å². The molecule has 2 N–H and O–H groups in total. The summed E-state index contributed by atoms with van der Waals surface area (Å²) in [5, 5.41) is 33.8. The number of aliphatic hydroxyl groups excluding tert-OH is 2. The second-order valence-electron chi connectivity index (χ2n) is 3.84. The molecule has 0 aliphatic rings. The van der Waals surface area contributed by atoms with Gasteiger partial charge in [0.25, 0.3) is 5.69 Å². The van der Waals surface area contributed by atoms with Gasteiger partial charge in [-0.05, 0) is 18.0 Å². The normalized spacial score (nSPS) is 13.4. The van der Waals surface area contributed by atoms with Crippen LogP contribution in [0, 0.1) is 10.1 Å². The molecule has 2 unspecified atom stereocenters. The van der Waals surface area contributed by atoms with Gasteiger partial charge in [-0.15, -0.1) is 0 Å². The zero-order valence-electron chi connectivity index (χ0n) is 9.98. The van der Waals surface area contributed by atoms with Gasteiger partial charge in [0, 0.05) is 17.5 Å². The number of hydrogen-bond donors (Lipinski definition) is 2. The maximum atomic E-state index is 10.9. The van der Waals surface area contributed by atoms with E-state index in [1.807, 2.05) is 0 Å². The predicted octanol–water partition coefficient (Wildman–Crippen LogP) is 3.00. The summed E-state index contributed by atoms with van der Waals surface area (Å²) in [7, 11) is 0. The highest BCUT2D eigenvalue weighted by Crippen LogP contribution is 2.35. The Balaban J connectivity index is 3.07. The summed E-state index contributed by atoms with van der Waals surface area (Å²) in [6, 6.07) is 2.13. The van der Waals surface area contributed by atoms with Crippen molar-refractivity contribution < 1.29 is 15.1 Å². The quantitative estimate of drug-likeness (QED) is 0.274. The van der Waals surface area contributed by atoms with Crippen LogP contribution in [-0.2, 0) is 0 Å². The van der Waals surface area contributed by atoms with Crippen molar-refractivity contribution in [1.82, 2.24) is 0 Å². The third kappa shape index (κ3) is 3.96. The van der Waals surface area contributed by atoms with Gasteiger partial charge in [-0.2, -0.15) is 0 Å². The Bertz CT molecular complexity index is 562. The van der Waals surface area contributed by atoms with Crippen LogP contribution in [0.2, 0.25) is 10.0 Å². The number of nitrogens with zero attached hydrogens (tertiary/aromatic N) is 4. The second-order valence-corrected chi connectivity index (χ2v) is 4.65. The van der Waals surface area contributed by atoms with E-state index in [1.54, 1.807) is 0 Å². The highest BCUT2D eigenvalue weighted by atomic mass is 35.5. The fourth-order valence-electron chi connectivity index (χ4n) is 1.55. The molecule has 0 aliphatic carbocycles. The molecule has 0 radical (unpaired) electrons. The Morgan fingerprint density at radius 3 is 2.55 bits per heavy atom. The van der Waals surface area contributed by atoms with Crippen molar-refractivity contribution in [3.05, 3.63) is 48.3 Å². The van der Waals surface area contributed by atoms with Crippen LogP contribution in [0.1, 0.15) is 18.1 Å². The molecule has 2 atom stereocenters. The van der Waals surface area contributed by atoms with Gasteiger partial charge >= 0.3 is 0 Å². The van der Waals surface area contributed by atoms with E-state index in [1.165, 1.54) is 0 Å². The van der Waals surface area contributed by atoms with Gasteiger partial charge in [0.05, 0.1) is 26.6 Å². The van der Waals surface area contributed by atoms with Crippen LogP contribution >= 0.6 is 23.2 Å². The first-order valence-electron chi connectivity index (χ1n) is 5.38. The number of aliphatic hydroxyl groups is 2. The smallest absolute Gasteiger partial charge is 0.276 e. The van der Waals surface area contributed by atoms with E-state index in [0.29, 0.717) is 0 Å². The van der Waals surface area contributed by atoms with Crippen LogP contribution in [0.3, 0.4) is 0 Å². The maximum absolute atomic E-state index is 10.9. The molecule has 0 saturated carbocycles. The Labute approximate surface area is 123 Å². The summed E-state index contributed by atoms with van der Waals surface area (Å²) in [4.78, 5) is 12.7. The maximum Gasteiger partial charge on any atom is 0.276 e. The Morgan fingerprint density at radius 2 is 2.00 bits per heavy atom. The van der Waals surface area contributed by atoms with Gasteiger partial charge in [-0.1, -0.05) is 28.3 Å². The minimum Gasteiger partial charge on any atom is -0.390 e. The number of hydrogen-bond acceptors (Lipinski definition) is 5. The van der Waals surface area contributed by atoms with E-state index in [0.717, 1.165) is 12.1 Å². The van der Waals surface area contributed by atoms with E-state index in [4.69, 9.17) is 28.7 Å². The summed E-state index contributed by atoms with van der Waals surface area (Å²) in [5.74, 6) is 0. The van der Waals surface area contributed by atoms with Gasteiger partial charge in [0.15, 0.2) is 0 Å². The molecule has 1 aromatic carbocycles. The van der Waals surface area contributed by atoms with Crippen LogP contribution in [0.5, 0.6) is 0 Å². The zero-order chi connectivity index (χ0) is 15.3. The van der Waals surface area contributed by atoms with E-state index in [2.05, 4.69) is 10.0 Å². The fraction of sp³-hybridized carbons (Fsp3) is 0.400. The molecular formula is C10H10Cl2N4O4. The van der Waals surface area contributed by atoms with Crippen molar-refractivity contribution in [2.75, 3.05) is 6.54 Å².